The van der Waals surface area contributed by atoms with E-state index in [-0.39, 0.29) is 0 Å². The van der Waals surface area contributed by atoms with Crippen molar-refractivity contribution < 1.29 is 4.42 Å². The van der Waals surface area contributed by atoms with Gasteiger partial charge in [-0.2, -0.15) is 11.8 Å². The molecule has 1 unspecified atom stereocenters. The first kappa shape index (κ1) is 14.5. The van der Waals surface area contributed by atoms with Gasteiger partial charge in [0, 0.05) is 0 Å². The number of nitrogens with one attached hydrogen (secondary N) is 1. The molecule has 2 rings (SSSR count). The Morgan fingerprint density at radius 3 is 2.89 bits per heavy atom. The monoisotopic (exact) mass is 331 g/mol. The highest BCUT2D eigenvalue weighted by atomic mass is 79.9. The molecule has 4 heteroatoms. The zero-order valence-electron chi connectivity index (χ0n) is 11.0. The summed E-state index contributed by atoms with van der Waals surface area (Å²) in [6.07, 6.45) is 6.85. The van der Waals surface area contributed by atoms with Gasteiger partial charge in [0.25, 0.3) is 0 Å². The van der Waals surface area contributed by atoms with Crippen molar-refractivity contribution in [3.63, 3.8) is 0 Å². The first-order chi connectivity index (χ1) is 8.81. The molecule has 1 aliphatic rings. The number of halogens is 1. The van der Waals surface area contributed by atoms with Gasteiger partial charge in [-0.05, 0) is 71.6 Å². The van der Waals surface area contributed by atoms with Gasteiger partial charge in [0.1, 0.15) is 5.76 Å². The zero-order chi connectivity index (χ0) is 12.8. The van der Waals surface area contributed by atoms with E-state index in [2.05, 4.69) is 39.9 Å². The van der Waals surface area contributed by atoms with Gasteiger partial charge in [-0.15, -0.1) is 0 Å². The Kier molecular flexibility index (Phi) is 6.12. The molecule has 1 aromatic rings. The van der Waals surface area contributed by atoms with Crippen LogP contribution in [0, 0.1) is 5.92 Å². The topological polar surface area (TPSA) is 25.2 Å². The summed E-state index contributed by atoms with van der Waals surface area (Å²) in [6, 6.07) is 2.36. The van der Waals surface area contributed by atoms with Crippen LogP contribution < -0.4 is 5.32 Å². The summed E-state index contributed by atoms with van der Waals surface area (Å²) in [6.45, 7) is 3.26. The normalized spacial score (nSPS) is 19.0. The van der Waals surface area contributed by atoms with Crippen LogP contribution in [-0.2, 0) is 0 Å². The van der Waals surface area contributed by atoms with Crippen LogP contribution in [0.5, 0.6) is 0 Å². The van der Waals surface area contributed by atoms with Gasteiger partial charge >= 0.3 is 0 Å². The summed E-state index contributed by atoms with van der Waals surface area (Å²) in [4.78, 5) is 0. The van der Waals surface area contributed by atoms with E-state index in [9.17, 15) is 0 Å². The van der Waals surface area contributed by atoms with Gasteiger partial charge in [-0.25, -0.2) is 0 Å². The minimum Gasteiger partial charge on any atom is -0.466 e. The quantitative estimate of drug-likeness (QED) is 0.823. The Morgan fingerprint density at radius 2 is 2.28 bits per heavy atom. The maximum atomic E-state index is 5.65. The molecule has 18 heavy (non-hydrogen) atoms. The molecule has 0 amide bonds. The van der Waals surface area contributed by atoms with Crippen molar-refractivity contribution in [3.05, 3.63) is 22.6 Å². The van der Waals surface area contributed by atoms with Crippen LogP contribution in [-0.4, -0.2) is 18.1 Å². The van der Waals surface area contributed by atoms with Crippen LogP contribution >= 0.6 is 27.7 Å². The fraction of sp³-hybridized carbons (Fsp3) is 0.714. The third-order valence-electron chi connectivity index (χ3n) is 3.51. The van der Waals surface area contributed by atoms with Gasteiger partial charge < -0.3 is 9.73 Å². The van der Waals surface area contributed by atoms with E-state index in [1.54, 1.807) is 6.26 Å². The van der Waals surface area contributed by atoms with E-state index in [0.29, 0.717) is 6.04 Å². The lowest BCUT2D eigenvalue weighted by molar-refractivity contribution is 0.327. The SMILES string of the molecule is CCCNC(CC1CCSCC1)c1occc1Br. The second kappa shape index (κ2) is 7.61. The van der Waals surface area contributed by atoms with Crippen LogP contribution in [0.25, 0.3) is 0 Å². The van der Waals surface area contributed by atoms with E-state index in [0.717, 1.165) is 29.1 Å². The Hall–Kier alpha value is 0.0700. The molecule has 0 spiro atoms. The van der Waals surface area contributed by atoms with Crippen molar-refractivity contribution in [1.29, 1.82) is 0 Å². The average molecular weight is 332 g/mol. The third-order valence-corrected chi connectivity index (χ3v) is 5.22. The minimum atomic E-state index is 0.363. The molecule has 2 nitrogen and oxygen atoms in total. The molecule has 1 atom stereocenters. The molecule has 0 aromatic carbocycles. The third kappa shape index (κ3) is 4.04. The van der Waals surface area contributed by atoms with Crippen molar-refractivity contribution in [3.8, 4) is 0 Å². The van der Waals surface area contributed by atoms with Gasteiger partial charge in [-0.3, -0.25) is 0 Å². The maximum Gasteiger partial charge on any atom is 0.134 e. The molecule has 2 heterocycles. The van der Waals surface area contributed by atoms with E-state index in [1.165, 1.54) is 30.8 Å². The largest absolute Gasteiger partial charge is 0.466 e. The molecular formula is C14H22BrNOS. The Balaban J connectivity index is 1.98. The Bertz CT molecular complexity index is 349. The number of thioether (sulfide) groups is 1. The van der Waals surface area contributed by atoms with Gasteiger partial charge in [-0.1, -0.05) is 6.92 Å². The average Bonchev–Trinajstić information content (AvgIpc) is 2.82. The van der Waals surface area contributed by atoms with Gasteiger partial charge in [0.05, 0.1) is 16.8 Å². The first-order valence-electron chi connectivity index (χ1n) is 6.85. The summed E-state index contributed by atoms with van der Waals surface area (Å²) >= 11 is 5.68. The molecule has 0 radical (unpaired) electrons. The molecule has 1 aliphatic heterocycles. The highest BCUT2D eigenvalue weighted by Gasteiger charge is 2.23. The molecule has 1 fully saturated rings. The van der Waals surface area contributed by atoms with Crippen molar-refractivity contribution in [2.45, 2.75) is 38.6 Å². The van der Waals surface area contributed by atoms with Crippen molar-refractivity contribution >= 4 is 27.7 Å². The van der Waals surface area contributed by atoms with E-state index in [4.69, 9.17) is 4.42 Å². The van der Waals surface area contributed by atoms with Crippen LogP contribution in [0.1, 0.15) is 44.4 Å². The Morgan fingerprint density at radius 1 is 1.50 bits per heavy atom. The lowest BCUT2D eigenvalue weighted by atomic mass is 9.93. The molecule has 0 aliphatic carbocycles. The number of rotatable bonds is 6. The van der Waals surface area contributed by atoms with Crippen LogP contribution in [0.4, 0.5) is 0 Å². The molecule has 1 saturated heterocycles. The number of furan rings is 1. The molecule has 0 saturated carbocycles. The van der Waals surface area contributed by atoms with E-state index >= 15 is 0 Å². The van der Waals surface area contributed by atoms with Gasteiger partial charge in [0.15, 0.2) is 0 Å². The fourth-order valence-electron chi connectivity index (χ4n) is 2.47. The standard InChI is InChI=1S/C14H22BrNOS/c1-2-6-16-13(14-12(15)3-7-17-14)10-11-4-8-18-9-5-11/h3,7,11,13,16H,2,4-6,8-10H2,1H3. The summed E-state index contributed by atoms with van der Waals surface area (Å²) in [5.74, 6) is 4.56. The number of hydrogen-bond donors (Lipinski definition) is 1. The van der Waals surface area contributed by atoms with Crippen LogP contribution in [0.3, 0.4) is 0 Å². The molecular weight excluding hydrogens is 310 g/mol. The minimum absolute atomic E-state index is 0.363. The second-order valence-corrected chi connectivity index (χ2v) is 7.01. The highest BCUT2D eigenvalue weighted by Crippen LogP contribution is 2.34. The smallest absolute Gasteiger partial charge is 0.134 e. The zero-order valence-corrected chi connectivity index (χ0v) is 13.4. The summed E-state index contributed by atoms with van der Waals surface area (Å²) in [7, 11) is 0. The molecule has 1 N–H and O–H groups in total. The second-order valence-electron chi connectivity index (χ2n) is 4.93. The lowest BCUT2D eigenvalue weighted by Gasteiger charge is -2.26. The predicted octanol–water partition coefficient (Wildman–Crippen LogP) is 4.62. The summed E-state index contributed by atoms with van der Waals surface area (Å²) < 4.78 is 6.75. The number of hydrogen-bond acceptors (Lipinski definition) is 3. The fourth-order valence-corrected chi connectivity index (χ4v) is 4.15. The first-order valence-corrected chi connectivity index (χ1v) is 8.80. The predicted molar refractivity (Wildman–Crippen MR) is 82.1 cm³/mol. The van der Waals surface area contributed by atoms with Crippen LogP contribution in [0.2, 0.25) is 0 Å². The highest BCUT2D eigenvalue weighted by molar-refractivity contribution is 9.10. The van der Waals surface area contributed by atoms with Crippen molar-refractivity contribution in [2.75, 3.05) is 18.1 Å². The summed E-state index contributed by atoms with van der Waals surface area (Å²) in [5, 5.41) is 3.63. The summed E-state index contributed by atoms with van der Waals surface area (Å²) in [5.41, 5.74) is 0. The molecule has 1 aromatic heterocycles. The van der Waals surface area contributed by atoms with Crippen LogP contribution in [0.15, 0.2) is 21.2 Å². The molecule has 102 valence electrons. The van der Waals surface area contributed by atoms with E-state index in [1.807, 2.05) is 6.07 Å². The maximum absolute atomic E-state index is 5.65. The van der Waals surface area contributed by atoms with Gasteiger partial charge in [0.2, 0.25) is 0 Å². The molecule has 0 bridgehead atoms. The van der Waals surface area contributed by atoms with E-state index < -0.39 is 0 Å². The Labute approximate surface area is 122 Å². The lowest BCUT2D eigenvalue weighted by Crippen LogP contribution is -2.25. The van der Waals surface area contributed by atoms with Crippen molar-refractivity contribution in [2.24, 2.45) is 5.92 Å². The van der Waals surface area contributed by atoms with Crippen molar-refractivity contribution in [1.82, 2.24) is 5.32 Å².